The number of guanidine groups is 1. The number of thiophene rings is 1. The number of halogens is 1. The van der Waals surface area contributed by atoms with Crippen molar-refractivity contribution >= 4 is 51.3 Å². The maximum absolute atomic E-state index is 12.5. The molecule has 0 aliphatic heterocycles. The molecule has 0 spiro atoms. The minimum atomic E-state index is -3.38. The molecule has 2 rings (SSSR count). The van der Waals surface area contributed by atoms with Gasteiger partial charge in [-0.2, -0.15) is 9.40 Å². The van der Waals surface area contributed by atoms with Crippen molar-refractivity contribution in [3.05, 3.63) is 35.0 Å². The highest BCUT2D eigenvalue weighted by molar-refractivity contribution is 14.0. The van der Waals surface area contributed by atoms with Gasteiger partial charge in [-0.15, -0.1) is 35.3 Å². The van der Waals surface area contributed by atoms with Crippen LogP contribution in [-0.2, 0) is 30.0 Å². The summed E-state index contributed by atoms with van der Waals surface area (Å²) < 4.78 is 28.8. The Bertz CT molecular complexity index is 859. The lowest BCUT2D eigenvalue weighted by Gasteiger charge is -2.16. The first kappa shape index (κ1) is 24.9. The molecule has 0 aromatic carbocycles. The van der Waals surface area contributed by atoms with Crippen LogP contribution < -0.4 is 10.6 Å². The fraction of sp³-hybridized carbons (Fsp3) is 0.529. The smallest absolute Gasteiger partial charge is 0.252 e. The van der Waals surface area contributed by atoms with Crippen molar-refractivity contribution in [1.29, 1.82) is 0 Å². The fourth-order valence-electron chi connectivity index (χ4n) is 2.60. The summed E-state index contributed by atoms with van der Waals surface area (Å²) in [4.78, 5) is 5.23. The quantitative estimate of drug-likeness (QED) is 0.289. The van der Waals surface area contributed by atoms with Crippen molar-refractivity contribution in [2.45, 2.75) is 31.0 Å². The summed E-state index contributed by atoms with van der Waals surface area (Å²) in [5, 5.41) is 10.6. The zero-order valence-electron chi connectivity index (χ0n) is 16.7. The summed E-state index contributed by atoms with van der Waals surface area (Å²) in [6.07, 6.45) is 2.48. The van der Waals surface area contributed by atoms with Crippen LogP contribution >= 0.6 is 35.3 Å². The number of sulfonamides is 1. The zero-order chi connectivity index (χ0) is 19.9. The van der Waals surface area contributed by atoms with Crippen LogP contribution in [0.25, 0.3) is 0 Å². The Labute approximate surface area is 188 Å². The van der Waals surface area contributed by atoms with E-state index in [-0.39, 0.29) is 24.0 Å². The molecule has 0 unspecified atom stereocenters. The molecule has 0 bridgehead atoms. The first-order valence-electron chi connectivity index (χ1n) is 8.92. The second-order valence-electron chi connectivity index (χ2n) is 5.86. The topological polar surface area (TPSA) is 91.6 Å². The van der Waals surface area contributed by atoms with Crippen molar-refractivity contribution in [2.75, 3.05) is 26.7 Å². The summed E-state index contributed by atoms with van der Waals surface area (Å²) >= 11 is 1.33. The van der Waals surface area contributed by atoms with Crippen molar-refractivity contribution < 1.29 is 8.42 Å². The second-order valence-corrected chi connectivity index (χ2v) is 9.19. The predicted molar refractivity (Wildman–Crippen MR) is 125 cm³/mol. The van der Waals surface area contributed by atoms with Gasteiger partial charge in [0.25, 0.3) is 10.0 Å². The van der Waals surface area contributed by atoms with Crippen LogP contribution in [0.4, 0.5) is 0 Å². The Morgan fingerprint density at radius 2 is 1.96 bits per heavy atom. The highest BCUT2D eigenvalue weighted by Crippen LogP contribution is 2.25. The molecule has 0 saturated carbocycles. The van der Waals surface area contributed by atoms with Crippen molar-refractivity contribution in [3.8, 4) is 0 Å². The molecule has 8 nitrogen and oxygen atoms in total. The van der Waals surface area contributed by atoms with E-state index in [4.69, 9.17) is 0 Å². The maximum atomic E-state index is 12.5. The molecule has 2 aromatic rings. The number of hydrogen-bond donors (Lipinski definition) is 2. The molecule has 0 aliphatic carbocycles. The van der Waals surface area contributed by atoms with Crippen LogP contribution in [0.1, 0.15) is 24.4 Å². The highest BCUT2D eigenvalue weighted by Gasteiger charge is 2.23. The number of nitrogens with zero attached hydrogens (tertiary/aromatic N) is 4. The number of hydrogen-bond acceptors (Lipinski definition) is 5. The Morgan fingerprint density at radius 3 is 2.54 bits per heavy atom. The van der Waals surface area contributed by atoms with Crippen LogP contribution in [-0.4, -0.2) is 55.1 Å². The van der Waals surface area contributed by atoms with E-state index in [2.05, 4.69) is 20.7 Å². The molecule has 2 aromatic heterocycles. The van der Waals surface area contributed by atoms with E-state index in [9.17, 15) is 8.42 Å². The van der Waals surface area contributed by atoms with E-state index >= 15 is 0 Å². The van der Waals surface area contributed by atoms with Gasteiger partial charge in [-0.25, -0.2) is 8.42 Å². The molecule has 28 heavy (non-hydrogen) atoms. The molecule has 0 atom stereocenters. The van der Waals surface area contributed by atoms with Gasteiger partial charge in [-0.1, -0.05) is 13.8 Å². The highest BCUT2D eigenvalue weighted by atomic mass is 127. The largest absolute Gasteiger partial charge is 0.356 e. The van der Waals surface area contributed by atoms with Gasteiger partial charge in [0.05, 0.1) is 12.2 Å². The first-order chi connectivity index (χ1) is 12.9. The van der Waals surface area contributed by atoms with Crippen LogP contribution in [0.3, 0.4) is 0 Å². The fourth-order valence-corrected chi connectivity index (χ4v) is 5.56. The Morgan fingerprint density at radius 1 is 1.25 bits per heavy atom. The molecule has 158 valence electrons. The van der Waals surface area contributed by atoms with Crippen molar-refractivity contribution in [3.63, 3.8) is 0 Å². The SMILES string of the molecule is CCN(CC)S(=O)(=O)c1ccc(CCNC(=NC)NCc2ccnn2C)s1.I. The number of aryl methyl sites for hydroxylation is 1. The average molecular weight is 540 g/mol. The number of aliphatic imine (C=N–C) groups is 1. The molecule has 0 radical (unpaired) electrons. The minimum Gasteiger partial charge on any atom is -0.356 e. The second kappa shape index (κ2) is 11.7. The van der Waals surface area contributed by atoms with Gasteiger partial charge in [0.2, 0.25) is 0 Å². The molecule has 0 saturated heterocycles. The average Bonchev–Trinajstić information content (AvgIpc) is 3.28. The summed E-state index contributed by atoms with van der Waals surface area (Å²) in [5.74, 6) is 0.698. The molecule has 0 fully saturated rings. The van der Waals surface area contributed by atoms with Crippen LogP contribution in [0.2, 0.25) is 0 Å². The summed E-state index contributed by atoms with van der Waals surface area (Å²) in [5.41, 5.74) is 1.06. The molecule has 0 aliphatic rings. The van der Waals surface area contributed by atoms with Gasteiger partial charge in [-0.05, 0) is 24.6 Å². The van der Waals surface area contributed by atoms with Gasteiger partial charge < -0.3 is 10.6 Å². The van der Waals surface area contributed by atoms with E-state index in [1.165, 1.54) is 15.6 Å². The number of rotatable bonds is 9. The van der Waals surface area contributed by atoms with Gasteiger partial charge in [0, 0.05) is 44.8 Å². The number of aromatic nitrogens is 2. The van der Waals surface area contributed by atoms with Gasteiger partial charge in [0.1, 0.15) is 4.21 Å². The van der Waals surface area contributed by atoms with E-state index in [1.54, 1.807) is 19.3 Å². The first-order valence-corrected chi connectivity index (χ1v) is 11.2. The van der Waals surface area contributed by atoms with E-state index in [0.717, 1.165) is 17.0 Å². The lowest BCUT2D eigenvalue weighted by Crippen LogP contribution is -2.38. The van der Waals surface area contributed by atoms with Crippen LogP contribution in [0, 0.1) is 0 Å². The number of nitrogens with one attached hydrogen (secondary N) is 2. The Kier molecular flexibility index (Phi) is 10.4. The van der Waals surface area contributed by atoms with Gasteiger partial charge in [-0.3, -0.25) is 9.67 Å². The van der Waals surface area contributed by atoms with Gasteiger partial charge in [0.15, 0.2) is 5.96 Å². The van der Waals surface area contributed by atoms with E-state index in [0.29, 0.717) is 36.3 Å². The van der Waals surface area contributed by atoms with E-state index < -0.39 is 10.0 Å². The lowest BCUT2D eigenvalue weighted by atomic mass is 10.3. The predicted octanol–water partition coefficient (Wildman–Crippen LogP) is 2.04. The maximum Gasteiger partial charge on any atom is 0.252 e. The minimum absolute atomic E-state index is 0. The monoisotopic (exact) mass is 540 g/mol. The molecular weight excluding hydrogens is 511 g/mol. The third-order valence-electron chi connectivity index (χ3n) is 4.18. The normalized spacial score (nSPS) is 12.1. The lowest BCUT2D eigenvalue weighted by molar-refractivity contribution is 0.447. The molecule has 2 N–H and O–H groups in total. The Hall–Kier alpha value is -1.18. The summed E-state index contributed by atoms with van der Waals surface area (Å²) in [6.45, 7) is 5.95. The molecule has 2 heterocycles. The van der Waals surface area contributed by atoms with Crippen LogP contribution in [0.15, 0.2) is 33.6 Å². The summed E-state index contributed by atoms with van der Waals surface area (Å²) in [6, 6.07) is 5.53. The molecule has 0 amide bonds. The Balaban J connectivity index is 0.00000392. The van der Waals surface area contributed by atoms with Crippen molar-refractivity contribution in [1.82, 2.24) is 24.7 Å². The zero-order valence-corrected chi connectivity index (χ0v) is 20.6. The standard InChI is InChI=1S/C17H28N6O2S2.HI/c1-5-23(6-2)27(24,25)16-8-7-15(26-16)10-11-19-17(18-3)20-13-14-9-12-21-22(14)4;/h7-9,12H,5-6,10-11,13H2,1-4H3,(H2,18,19,20);1H. The third-order valence-corrected chi connectivity index (χ3v) is 7.85. The van der Waals surface area contributed by atoms with Crippen LogP contribution in [0.5, 0.6) is 0 Å². The molecular formula is C17H29IN6O2S2. The summed E-state index contributed by atoms with van der Waals surface area (Å²) in [7, 11) is 0.240. The van der Waals surface area contributed by atoms with Gasteiger partial charge >= 0.3 is 0 Å². The molecule has 11 heteroatoms. The van der Waals surface area contributed by atoms with Crippen molar-refractivity contribution in [2.24, 2.45) is 12.0 Å². The van der Waals surface area contributed by atoms with E-state index in [1.807, 2.05) is 37.7 Å². The third kappa shape index (κ3) is 6.42.